The first-order chi connectivity index (χ1) is 17.2. The summed E-state index contributed by atoms with van der Waals surface area (Å²) in [7, 11) is -4.26. The van der Waals surface area contributed by atoms with Gasteiger partial charge < -0.3 is 15.4 Å². The molecule has 0 spiro atoms. The Balaban J connectivity index is 1.89. The van der Waals surface area contributed by atoms with Gasteiger partial charge in [-0.15, -0.1) is 0 Å². The first-order valence-electron chi connectivity index (χ1n) is 12.6. The van der Waals surface area contributed by atoms with E-state index in [-0.39, 0.29) is 27.4 Å². The van der Waals surface area contributed by atoms with Gasteiger partial charge in [0.1, 0.15) is 11.6 Å². The lowest BCUT2D eigenvalue weighted by Crippen LogP contribution is -2.41. The highest BCUT2D eigenvalue weighted by Crippen LogP contribution is 2.41. The third-order valence-electron chi connectivity index (χ3n) is 6.84. The van der Waals surface area contributed by atoms with Gasteiger partial charge in [0.25, 0.3) is 15.9 Å². The number of carbonyl (C=O) groups is 1. The van der Waals surface area contributed by atoms with Gasteiger partial charge in [-0.3, -0.25) is 4.79 Å². The molecule has 1 amide bonds. The second-order valence-electron chi connectivity index (χ2n) is 11.6. The lowest BCUT2D eigenvalue weighted by Gasteiger charge is -2.35. The minimum atomic E-state index is -4.26. The molecule has 0 aromatic carbocycles. The summed E-state index contributed by atoms with van der Waals surface area (Å²) in [5.74, 6) is 0.179. The highest BCUT2D eigenvalue weighted by molar-refractivity contribution is 7.90. The Kier molecular flexibility index (Phi) is 7.11. The first-order valence-corrected chi connectivity index (χ1v) is 14.1. The zero-order chi connectivity index (χ0) is 27.2. The van der Waals surface area contributed by atoms with Gasteiger partial charge in [0.15, 0.2) is 5.03 Å². The number of nitrogen functional groups attached to an aromatic ring is 1. The van der Waals surface area contributed by atoms with E-state index in [9.17, 15) is 13.2 Å². The molecule has 1 unspecified atom stereocenters. The molecule has 0 radical (unpaired) electrons. The first kappa shape index (κ1) is 27.1. The second-order valence-corrected chi connectivity index (χ2v) is 13.3. The van der Waals surface area contributed by atoms with Gasteiger partial charge in [-0.05, 0) is 56.4 Å². The smallest absolute Gasteiger partial charge is 0.281 e. The predicted octanol–water partition coefficient (Wildman–Crippen LogP) is 3.90. The van der Waals surface area contributed by atoms with Gasteiger partial charge in [0.2, 0.25) is 0 Å². The van der Waals surface area contributed by atoms with E-state index in [1.54, 1.807) is 6.07 Å². The molecule has 37 heavy (non-hydrogen) atoms. The van der Waals surface area contributed by atoms with Crippen molar-refractivity contribution >= 4 is 33.1 Å². The van der Waals surface area contributed by atoms with Crippen molar-refractivity contribution in [3.8, 4) is 0 Å². The molecule has 9 nitrogen and oxygen atoms in total. The summed E-state index contributed by atoms with van der Waals surface area (Å²) >= 11 is 0. The van der Waals surface area contributed by atoms with E-state index in [4.69, 9.17) is 15.5 Å². The fraction of sp³-hybridized carbons (Fsp3) is 0.519. The maximum atomic E-state index is 13.7. The minimum absolute atomic E-state index is 0.0498. The molecule has 0 bridgehead atoms. The molecule has 2 aliphatic heterocycles. The molecule has 2 aliphatic rings. The molecule has 2 aromatic heterocycles. The summed E-state index contributed by atoms with van der Waals surface area (Å²) in [5.41, 5.74) is 8.07. The van der Waals surface area contributed by atoms with E-state index in [1.165, 1.54) is 18.2 Å². The molecular formula is C27H37N5O4S. The number of ether oxygens (including phenoxy) is 1. The SMILES string of the molecule is CC1CN(c2nc(C(C)(C)C)c(C3=CCOCC3)cc2C(=O)NS(=O)(=O)c2cccc(N)n2)C(C)(C)C1. The number of anilines is 2. The molecule has 3 N–H and O–H groups in total. The third-order valence-corrected chi connectivity index (χ3v) is 8.07. The normalized spacial score (nSPS) is 20.0. The number of nitrogens with zero attached hydrogens (tertiary/aromatic N) is 3. The zero-order valence-electron chi connectivity index (χ0n) is 22.5. The predicted molar refractivity (Wildman–Crippen MR) is 145 cm³/mol. The average molecular weight is 528 g/mol. The maximum absolute atomic E-state index is 13.7. The van der Waals surface area contributed by atoms with Crippen molar-refractivity contribution in [3.05, 3.63) is 47.2 Å². The summed E-state index contributed by atoms with van der Waals surface area (Å²) in [5, 5.41) is -0.316. The van der Waals surface area contributed by atoms with Gasteiger partial charge in [0.05, 0.1) is 24.5 Å². The monoisotopic (exact) mass is 527 g/mol. The van der Waals surface area contributed by atoms with Crippen molar-refractivity contribution in [2.45, 2.75) is 70.4 Å². The quantitative estimate of drug-likeness (QED) is 0.599. The standard InChI is InChI=1S/C27H37N5O4S/c1-17-15-27(5,6)32(16-17)24-20(25(33)31-37(34,35)22-9-7-8-21(28)29-22)14-19(18-10-12-36-13-11-18)23(30-24)26(2,3)4/h7-10,14,17H,11-13,15-16H2,1-6H3,(H2,28,29)(H,31,33). The molecule has 1 fully saturated rings. The van der Waals surface area contributed by atoms with Crippen LogP contribution in [0.1, 0.15) is 76.0 Å². The van der Waals surface area contributed by atoms with E-state index in [2.05, 4.69) is 56.1 Å². The van der Waals surface area contributed by atoms with Crippen molar-refractivity contribution in [1.82, 2.24) is 14.7 Å². The maximum Gasteiger partial charge on any atom is 0.281 e. The molecular weight excluding hydrogens is 490 g/mol. The number of carbonyl (C=O) groups excluding carboxylic acids is 1. The number of aromatic nitrogens is 2. The lowest BCUT2D eigenvalue weighted by molar-refractivity contribution is 0.0981. The van der Waals surface area contributed by atoms with E-state index >= 15 is 0 Å². The number of hydrogen-bond donors (Lipinski definition) is 2. The highest BCUT2D eigenvalue weighted by Gasteiger charge is 2.40. The Morgan fingerprint density at radius 2 is 1.97 bits per heavy atom. The van der Waals surface area contributed by atoms with Crippen LogP contribution in [0.2, 0.25) is 0 Å². The Bertz CT molecular complexity index is 1350. The van der Waals surface area contributed by atoms with Crippen molar-refractivity contribution in [3.63, 3.8) is 0 Å². The second kappa shape index (κ2) is 9.72. The van der Waals surface area contributed by atoms with Crippen molar-refractivity contribution in [2.75, 3.05) is 30.4 Å². The Morgan fingerprint density at radius 3 is 2.54 bits per heavy atom. The van der Waals surface area contributed by atoms with Crippen LogP contribution >= 0.6 is 0 Å². The van der Waals surface area contributed by atoms with Crippen LogP contribution in [0.4, 0.5) is 11.6 Å². The number of pyridine rings is 2. The minimum Gasteiger partial charge on any atom is -0.384 e. The molecule has 200 valence electrons. The van der Waals surface area contributed by atoms with Crippen molar-refractivity contribution in [1.29, 1.82) is 0 Å². The molecule has 4 heterocycles. The van der Waals surface area contributed by atoms with Crippen LogP contribution in [-0.4, -0.2) is 49.6 Å². The molecule has 2 aromatic rings. The summed E-state index contributed by atoms with van der Waals surface area (Å²) in [6.45, 7) is 14.5. The third kappa shape index (κ3) is 5.65. The van der Waals surface area contributed by atoms with Gasteiger partial charge in [-0.1, -0.05) is 39.8 Å². The van der Waals surface area contributed by atoms with Gasteiger partial charge in [-0.2, -0.15) is 8.42 Å². The van der Waals surface area contributed by atoms with E-state index in [0.717, 1.165) is 23.3 Å². The number of amides is 1. The summed E-state index contributed by atoms with van der Waals surface area (Å²) in [6.07, 6.45) is 3.62. The highest BCUT2D eigenvalue weighted by atomic mass is 32.2. The fourth-order valence-corrected chi connectivity index (χ4v) is 6.18. The molecule has 1 atom stereocenters. The Morgan fingerprint density at radius 1 is 1.24 bits per heavy atom. The fourth-order valence-electron chi connectivity index (χ4n) is 5.23. The van der Waals surface area contributed by atoms with Gasteiger partial charge in [0, 0.05) is 23.1 Å². The number of sulfonamides is 1. The zero-order valence-corrected chi connectivity index (χ0v) is 23.3. The largest absolute Gasteiger partial charge is 0.384 e. The van der Waals surface area contributed by atoms with Crippen LogP contribution in [-0.2, 0) is 20.2 Å². The number of rotatable bonds is 5. The number of nitrogens with one attached hydrogen (secondary N) is 1. The average Bonchev–Trinajstić information content (AvgIpc) is 3.09. The van der Waals surface area contributed by atoms with E-state index in [0.29, 0.717) is 37.9 Å². The van der Waals surface area contributed by atoms with E-state index < -0.39 is 15.9 Å². The molecule has 0 saturated carbocycles. The lowest BCUT2D eigenvalue weighted by atomic mass is 9.84. The Hall–Kier alpha value is -2.98. The summed E-state index contributed by atoms with van der Waals surface area (Å²) in [4.78, 5) is 24.9. The topological polar surface area (TPSA) is 128 Å². The summed E-state index contributed by atoms with van der Waals surface area (Å²) in [6, 6.07) is 6.07. The van der Waals surface area contributed by atoms with Crippen molar-refractivity contribution in [2.24, 2.45) is 5.92 Å². The van der Waals surface area contributed by atoms with Crippen LogP contribution in [0.25, 0.3) is 5.57 Å². The van der Waals surface area contributed by atoms with Crippen LogP contribution in [0, 0.1) is 5.92 Å². The van der Waals surface area contributed by atoms with Crippen molar-refractivity contribution < 1.29 is 17.9 Å². The van der Waals surface area contributed by atoms with Gasteiger partial charge >= 0.3 is 0 Å². The molecule has 1 saturated heterocycles. The van der Waals surface area contributed by atoms with Crippen LogP contribution in [0.15, 0.2) is 35.4 Å². The van der Waals surface area contributed by atoms with E-state index in [1.807, 2.05) is 6.08 Å². The molecule has 10 heteroatoms. The number of hydrogen-bond acceptors (Lipinski definition) is 8. The van der Waals surface area contributed by atoms with Crippen LogP contribution < -0.4 is 15.4 Å². The molecule has 0 aliphatic carbocycles. The van der Waals surface area contributed by atoms with Crippen LogP contribution in [0.3, 0.4) is 0 Å². The van der Waals surface area contributed by atoms with Gasteiger partial charge in [-0.25, -0.2) is 14.7 Å². The molecule has 4 rings (SSSR count). The van der Waals surface area contributed by atoms with Crippen LogP contribution in [0.5, 0.6) is 0 Å². The summed E-state index contributed by atoms with van der Waals surface area (Å²) < 4.78 is 33.9. The Labute approximate surface area is 219 Å². The number of nitrogens with two attached hydrogens (primary N) is 1.